The lowest BCUT2D eigenvalue weighted by atomic mass is 9.87. The monoisotopic (exact) mass is 470 g/mol. The minimum atomic E-state index is -0.418. The van der Waals surface area contributed by atoms with Gasteiger partial charge in [-0.3, -0.25) is 9.59 Å². The molecule has 1 saturated carbocycles. The van der Waals surface area contributed by atoms with Crippen molar-refractivity contribution in [1.29, 1.82) is 0 Å². The van der Waals surface area contributed by atoms with Crippen molar-refractivity contribution in [2.24, 2.45) is 0 Å². The molecule has 2 aliphatic rings. The maximum Gasteiger partial charge on any atom is 0.251 e. The Balaban J connectivity index is 1.26. The van der Waals surface area contributed by atoms with Crippen molar-refractivity contribution in [2.75, 3.05) is 34.0 Å². The Bertz CT molecular complexity index is 1250. The highest BCUT2D eigenvalue weighted by atomic mass is 16.7. The number of hydrogen-bond donors (Lipinski definition) is 1. The zero-order chi connectivity index (χ0) is 24.4. The molecule has 1 N–H and O–H groups in total. The van der Waals surface area contributed by atoms with Crippen LogP contribution in [-0.2, 0) is 16.6 Å². The summed E-state index contributed by atoms with van der Waals surface area (Å²) in [5.74, 6) is 1.62. The molecule has 1 aliphatic carbocycles. The molecule has 0 unspecified atom stereocenters. The molecular weight excluding hydrogens is 440 g/mol. The van der Waals surface area contributed by atoms with Gasteiger partial charge in [0.1, 0.15) is 5.78 Å². The predicted molar refractivity (Wildman–Crippen MR) is 135 cm³/mol. The fraction of sp³-hybridized carbons (Fsp3) is 0.310. The van der Waals surface area contributed by atoms with Crippen molar-refractivity contribution >= 4 is 11.7 Å². The van der Waals surface area contributed by atoms with Gasteiger partial charge in [0, 0.05) is 25.1 Å². The van der Waals surface area contributed by atoms with E-state index in [2.05, 4.69) is 11.4 Å². The minimum Gasteiger partial charge on any atom is -0.454 e. The van der Waals surface area contributed by atoms with Crippen LogP contribution in [0.15, 0.2) is 66.7 Å². The summed E-state index contributed by atoms with van der Waals surface area (Å²) in [5, 5.41) is 2.93. The third kappa shape index (κ3) is 4.93. The molecular formula is C29H30N2O4. The van der Waals surface area contributed by atoms with Crippen LogP contribution in [0.3, 0.4) is 0 Å². The first-order valence-corrected chi connectivity index (χ1v) is 12.0. The van der Waals surface area contributed by atoms with E-state index in [1.807, 2.05) is 79.7 Å². The van der Waals surface area contributed by atoms with E-state index in [1.165, 1.54) is 0 Å². The maximum atomic E-state index is 13.4. The van der Waals surface area contributed by atoms with E-state index >= 15 is 0 Å². The van der Waals surface area contributed by atoms with Gasteiger partial charge in [0.05, 0.1) is 5.41 Å². The van der Waals surface area contributed by atoms with Crippen LogP contribution in [0.2, 0.25) is 0 Å². The second kappa shape index (κ2) is 9.55. The summed E-state index contributed by atoms with van der Waals surface area (Å²) < 4.78 is 10.9. The second-order valence-corrected chi connectivity index (χ2v) is 9.59. The van der Waals surface area contributed by atoms with Crippen LogP contribution in [0.25, 0.3) is 11.1 Å². The Morgan fingerprint density at radius 2 is 1.69 bits per heavy atom. The molecule has 0 aromatic heterocycles. The summed E-state index contributed by atoms with van der Waals surface area (Å²) in [7, 11) is 3.95. The highest BCUT2D eigenvalue weighted by Gasteiger charge is 2.50. The molecule has 5 rings (SSSR count). The van der Waals surface area contributed by atoms with Crippen LogP contribution in [0.4, 0.5) is 0 Å². The molecule has 3 aromatic carbocycles. The van der Waals surface area contributed by atoms with Crippen molar-refractivity contribution < 1.29 is 19.1 Å². The van der Waals surface area contributed by atoms with Gasteiger partial charge in [-0.2, -0.15) is 0 Å². The molecule has 6 nitrogen and oxygen atoms in total. The third-order valence-electron chi connectivity index (χ3n) is 6.83. The van der Waals surface area contributed by atoms with Crippen LogP contribution in [0.1, 0.15) is 34.3 Å². The van der Waals surface area contributed by atoms with Crippen molar-refractivity contribution in [3.63, 3.8) is 0 Å². The van der Waals surface area contributed by atoms with Gasteiger partial charge in [0.2, 0.25) is 6.79 Å². The summed E-state index contributed by atoms with van der Waals surface area (Å²) in [4.78, 5) is 27.7. The van der Waals surface area contributed by atoms with Crippen molar-refractivity contribution in [1.82, 2.24) is 10.2 Å². The summed E-state index contributed by atoms with van der Waals surface area (Å²) in [6, 6.07) is 21.5. The van der Waals surface area contributed by atoms with Gasteiger partial charge in [0.25, 0.3) is 5.91 Å². The fourth-order valence-corrected chi connectivity index (χ4v) is 4.57. The third-order valence-corrected chi connectivity index (χ3v) is 6.83. The number of Topliss-reactive ketones (excluding diaryl/α,β-unsaturated/α-hetero) is 1. The average Bonchev–Trinajstić information content (AvgIpc) is 3.55. The molecule has 35 heavy (non-hydrogen) atoms. The summed E-state index contributed by atoms with van der Waals surface area (Å²) in [5.41, 5.74) is 4.27. The van der Waals surface area contributed by atoms with Crippen LogP contribution in [0, 0.1) is 0 Å². The highest BCUT2D eigenvalue weighted by Crippen LogP contribution is 2.51. The summed E-state index contributed by atoms with van der Waals surface area (Å²) >= 11 is 0. The lowest BCUT2D eigenvalue weighted by Gasteiger charge is -2.16. The van der Waals surface area contributed by atoms with E-state index < -0.39 is 5.41 Å². The Morgan fingerprint density at radius 3 is 2.43 bits per heavy atom. The Labute approximate surface area is 205 Å². The van der Waals surface area contributed by atoms with E-state index in [9.17, 15) is 9.59 Å². The SMILES string of the molecule is CN(C)CCNC(=O)c1ccc(-c2cccc(CC(=O)C3(c4ccc5c(c4)OCO5)CC3)c2)cc1. The minimum absolute atomic E-state index is 0.0732. The molecule has 0 saturated heterocycles. The fourth-order valence-electron chi connectivity index (χ4n) is 4.57. The molecule has 0 radical (unpaired) electrons. The molecule has 180 valence electrons. The first-order chi connectivity index (χ1) is 16.9. The molecule has 0 spiro atoms. The number of hydrogen-bond acceptors (Lipinski definition) is 5. The average molecular weight is 471 g/mol. The molecule has 3 aromatic rings. The predicted octanol–water partition coefficient (Wildman–Crippen LogP) is 4.22. The number of nitrogens with zero attached hydrogens (tertiary/aromatic N) is 1. The van der Waals surface area contributed by atoms with Crippen molar-refractivity contribution in [3.05, 3.63) is 83.4 Å². The summed E-state index contributed by atoms with van der Waals surface area (Å²) in [6.45, 7) is 1.64. The van der Waals surface area contributed by atoms with Gasteiger partial charge in [0.15, 0.2) is 11.5 Å². The number of carbonyl (C=O) groups excluding carboxylic acids is 2. The number of ketones is 1. The van der Waals surface area contributed by atoms with Gasteiger partial charge in [-0.25, -0.2) is 0 Å². The number of amides is 1. The lowest BCUT2D eigenvalue weighted by molar-refractivity contribution is -0.120. The number of nitrogens with one attached hydrogen (secondary N) is 1. The number of fused-ring (bicyclic) bond motifs is 1. The van der Waals surface area contributed by atoms with Gasteiger partial charge in [-0.15, -0.1) is 0 Å². The molecule has 0 bridgehead atoms. The summed E-state index contributed by atoms with van der Waals surface area (Å²) in [6.07, 6.45) is 2.11. The van der Waals surface area contributed by atoms with Gasteiger partial charge >= 0.3 is 0 Å². The number of rotatable bonds is 9. The highest BCUT2D eigenvalue weighted by molar-refractivity contribution is 5.95. The normalized spacial score (nSPS) is 15.2. The van der Waals surface area contributed by atoms with E-state index in [-0.39, 0.29) is 18.5 Å². The molecule has 6 heteroatoms. The number of ether oxygens (including phenoxy) is 2. The number of benzene rings is 3. The van der Waals surface area contributed by atoms with E-state index in [0.717, 1.165) is 53.1 Å². The topological polar surface area (TPSA) is 67.9 Å². The van der Waals surface area contributed by atoms with Crippen molar-refractivity contribution in [2.45, 2.75) is 24.7 Å². The lowest BCUT2D eigenvalue weighted by Crippen LogP contribution is -2.31. The van der Waals surface area contributed by atoms with Crippen LogP contribution < -0.4 is 14.8 Å². The molecule has 1 heterocycles. The molecule has 1 amide bonds. The number of likely N-dealkylation sites (N-methyl/N-ethyl adjacent to an activating group) is 1. The van der Waals surface area contributed by atoms with Gasteiger partial charge in [-0.1, -0.05) is 42.5 Å². The van der Waals surface area contributed by atoms with E-state index in [4.69, 9.17) is 9.47 Å². The van der Waals surface area contributed by atoms with Crippen LogP contribution >= 0.6 is 0 Å². The molecule has 0 atom stereocenters. The van der Waals surface area contributed by atoms with Crippen LogP contribution in [0.5, 0.6) is 11.5 Å². The Hall–Kier alpha value is -3.64. The Kier molecular flexibility index (Phi) is 6.31. The smallest absolute Gasteiger partial charge is 0.251 e. The Morgan fingerprint density at radius 1 is 0.914 bits per heavy atom. The van der Waals surface area contributed by atoms with Crippen molar-refractivity contribution in [3.8, 4) is 22.6 Å². The molecule has 1 aliphatic heterocycles. The molecule has 1 fully saturated rings. The first-order valence-electron chi connectivity index (χ1n) is 12.0. The largest absolute Gasteiger partial charge is 0.454 e. The quantitative estimate of drug-likeness (QED) is 0.507. The van der Waals surface area contributed by atoms with E-state index in [1.54, 1.807) is 0 Å². The number of carbonyl (C=O) groups is 2. The second-order valence-electron chi connectivity index (χ2n) is 9.59. The zero-order valence-corrected chi connectivity index (χ0v) is 20.2. The first kappa shape index (κ1) is 23.1. The van der Waals surface area contributed by atoms with Crippen LogP contribution in [-0.4, -0.2) is 50.6 Å². The standard InChI is InChI=1S/C29H30N2O4/c1-31(2)15-14-30-28(33)22-8-6-21(7-9-22)23-5-3-4-20(16-23)17-27(32)29(12-13-29)24-10-11-25-26(18-24)35-19-34-25/h3-11,16,18H,12-15,17,19H2,1-2H3,(H,30,33). The van der Waals surface area contributed by atoms with Gasteiger partial charge < -0.3 is 19.7 Å². The van der Waals surface area contributed by atoms with E-state index in [0.29, 0.717) is 18.5 Å². The van der Waals surface area contributed by atoms with Gasteiger partial charge in [-0.05, 0) is 73.5 Å². The maximum absolute atomic E-state index is 13.4. The zero-order valence-electron chi connectivity index (χ0n) is 20.2.